The van der Waals surface area contributed by atoms with Crippen molar-refractivity contribution in [1.82, 2.24) is 15.1 Å². The minimum absolute atomic E-state index is 0.423. The summed E-state index contributed by atoms with van der Waals surface area (Å²) in [4.78, 5) is 8.15. The van der Waals surface area contributed by atoms with Gasteiger partial charge in [-0.1, -0.05) is 19.0 Å². The molecule has 0 aromatic carbocycles. The predicted molar refractivity (Wildman–Crippen MR) is 60.5 cm³/mol. The van der Waals surface area contributed by atoms with Crippen molar-refractivity contribution in [2.45, 2.75) is 20.3 Å². The molecule has 0 aliphatic rings. The first-order valence-corrected chi connectivity index (χ1v) is 5.19. The van der Waals surface area contributed by atoms with Crippen LogP contribution in [0.3, 0.4) is 0 Å². The van der Waals surface area contributed by atoms with Crippen LogP contribution >= 0.6 is 0 Å². The number of nitrogens with zero attached hydrogens (tertiary/aromatic N) is 3. The van der Waals surface area contributed by atoms with Crippen LogP contribution < -0.4 is 5.73 Å². The summed E-state index contributed by atoms with van der Waals surface area (Å²) in [7, 11) is 0. The molecule has 0 amide bonds. The van der Waals surface area contributed by atoms with Crippen molar-refractivity contribution in [2.75, 3.05) is 5.73 Å². The summed E-state index contributed by atoms with van der Waals surface area (Å²) in [6, 6.07) is 3.49. The molecular formula is C11H14N4O. The highest BCUT2D eigenvalue weighted by atomic mass is 16.5. The fraction of sp³-hybridized carbons (Fsp3) is 0.364. The molecule has 0 aliphatic carbocycles. The zero-order valence-electron chi connectivity index (χ0n) is 9.34. The topological polar surface area (TPSA) is 77.8 Å². The Morgan fingerprint density at radius 3 is 2.94 bits per heavy atom. The zero-order valence-corrected chi connectivity index (χ0v) is 9.34. The second-order valence-corrected chi connectivity index (χ2v) is 4.09. The maximum absolute atomic E-state index is 5.57. The lowest BCUT2D eigenvalue weighted by atomic mass is 10.1. The summed E-state index contributed by atoms with van der Waals surface area (Å²) in [5.41, 5.74) is 6.48. The van der Waals surface area contributed by atoms with Gasteiger partial charge in [-0.15, -0.1) is 0 Å². The van der Waals surface area contributed by atoms with Crippen LogP contribution in [-0.2, 0) is 6.42 Å². The smallest absolute Gasteiger partial charge is 0.204 e. The van der Waals surface area contributed by atoms with Gasteiger partial charge in [0.05, 0.1) is 5.69 Å². The summed E-state index contributed by atoms with van der Waals surface area (Å²) in [6.45, 7) is 4.26. The van der Waals surface area contributed by atoms with E-state index in [9.17, 15) is 0 Å². The summed E-state index contributed by atoms with van der Waals surface area (Å²) in [5, 5.41) is 3.97. The molecule has 0 radical (unpaired) electrons. The lowest BCUT2D eigenvalue weighted by Crippen LogP contribution is -1.94. The van der Waals surface area contributed by atoms with Gasteiger partial charge in [0.1, 0.15) is 5.82 Å². The largest absolute Gasteiger partial charge is 0.384 e. The summed E-state index contributed by atoms with van der Waals surface area (Å²) >= 11 is 0. The quantitative estimate of drug-likeness (QED) is 0.851. The molecule has 0 bridgehead atoms. The van der Waals surface area contributed by atoms with Crippen LogP contribution in [0.15, 0.2) is 22.9 Å². The highest BCUT2D eigenvalue weighted by Crippen LogP contribution is 2.18. The molecule has 2 N–H and O–H groups in total. The van der Waals surface area contributed by atoms with Gasteiger partial charge in [-0.3, -0.25) is 0 Å². The van der Waals surface area contributed by atoms with E-state index in [1.54, 1.807) is 12.3 Å². The van der Waals surface area contributed by atoms with Crippen LogP contribution in [0.1, 0.15) is 19.5 Å². The van der Waals surface area contributed by atoms with E-state index in [0.717, 1.165) is 12.1 Å². The third-order valence-corrected chi connectivity index (χ3v) is 2.07. The molecule has 2 rings (SSSR count). The molecule has 2 heterocycles. The molecule has 0 saturated carbocycles. The molecule has 0 aliphatic heterocycles. The van der Waals surface area contributed by atoms with Gasteiger partial charge in [0.2, 0.25) is 11.6 Å². The van der Waals surface area contributed by atoms with E-state index in [-0.39, 0.29) is 0 Å². The second kappa shape index (κ2) is 4.30. The highest BCUT2D eigenvalue weighted by Gasteiger charge is 2.10. The number of hydrogen-bond acceptors (Lipinski definition) is 5. The van der Waals surface area contributed by atoms with Gasteiger partial charge in [0.25, 0.3) is 0 Å². The van der Waals surface area contributed by atoms with E-state index in [0.29, 0.717) is 23.3 Å². The molecule has 84 valence electrons. The average Bonchev–Trinajstić information content (AvgIpc) is 2.65. The first-order chi connectivity index (χ1) is 7.65. The number of anilines is 1. The molecule has 5 heteroatoms. The SMILES string of the molecule is CC(C)Cc1cc(-c2nccc(N)n2)on1. The van der Waals surface area contributed by atoms with Gasteiger partial charge < -0.3 is 10.3 Å². The van der Waals surface area contributed by atoms with E-state index in [1.807, 2.05) is 6.07 Å². The third-order valence-electron chi connectivity index (χ3n) is 2.07. The van der Waals surface area contributed by atoms with Crippen LogP contribution in [0.4, 0.5) is 5.82 Å². The van der Waals surface area contributed by atoms with Crippen LogP contribution in [0.2, 0.25) is 0 Å². The van der Waals surface area contributed by atoms with Gasteiger partial charge >= 0.3 is 0 Å². The van der Waals surface area contributed by atoms with Crippen LogP contribution in [-0.4, -0.2) is 15.1 Å². The average molecular weight is 218 g/mol. The Balaban J connectivity index is 2.24. The number of hydrogen-bond donors (Lipinski definition) is 1. The summed E-state index contributed by atoms with van der Waals surface area (Å²) in [5.74, 6) is 2.00. The molecule has 0 atom stereocenters. The maximum Gasteiger partial charge on any atom is 0.204 e. The standard InChI is InChI=1S/C11H14N4O/c1-7(2)5-8-6-9(16-15-8)11-13-4-3-10(12)14-11/h3-4,6-7H,5H2,1-2H3,(H2,12,13,14). The molecule has 0 fully saturated rings. The minimum Gasteiger partial charge on any atom is -0.384 e. The fourth-order valence-corrected chi connectivity index (χ4v) is 1.42. The molecule has 0 unspecified atom stereocenters. The Labute approximate surface area is 93.7 Å². The minimum atomic E-state index is 0.423. The molecule has 0 saturated heterocycles. The van der Waals surface area contributed by atoms with E-state index in [2.05, 4.69) is 29.0 Å². The Morgan fingerprint density at radius 1 is 1.44 bits per heavy atom. The zero-order chi connectivity index (χ0) is 11.5. The molecule has 2 aromatic heterocycles. The van der Waals surface area contributed by atoms with E-state index < -0.39 is 0 Å². The monoisotopic (exact) mass is 218 g/mol. The normalized spacial score (nSPS) is 10.9. The molecular weight excluding hydrogens is 204 g/mol. The van der Waals surface area contributed by atoms with E-state index in [1.165, 1.54) is 0 Å². The first-order valence-electron chi connectivity index (χ1n) is 5.19. The van der Waals surface area contributed by atoms with Crippen molar-refractivity contribution in [3.8, 4) is 11.6 Å². The lowest BCUT2D eigenvalue weighted by molar-refractivity contribution is 0.416. The lowest BCUT2D eigenvalue weighted by Gasteiger charge is -1.97. The highest BCUT2D eigenvalue weighted by molar-refractivity contribution is 5.49. The second-order valence-electron chi connectivity index (χ2n) is 4.09. The van der Waals surface area contributed by atoms with Crippen molar-refractivity contribution in [3.05, 3.63) is 24.0 Å². The van der Waals surface area contributed by atoms with Crippen LogP contribution in [0.5, 0.6) is 0 Å². The molecule has 16 heavy (non-hydrogen) atoms. The summed E-state index contributed by atoms with van der Waals surface area (Å²) < 4.78 is 5.18. The Bertz CT molecular complexity index is 478. The maximum atomic E-state index is 5.57. The van der Waals surface area contributed by atoms with E-state index in [4.69, 9.17) is 10.3 Å². The Hall–Kier alpha value is -1.91. The van der Waals surface area contributed by atoms with Crippen molar-refractivity contribution < 1.29 is 4.52 Å². The molecule has 2 aromatic rings. The van der Waals surface area contributed by atoms with Gasteiger partial charge in [-0.2, -0.15) is 0 Å². The van der Waals surface area contributed by atoms with E-state index >= 15 is 0 Å². The van der Waals surface area contributed by atoms with Crippen molar-refractivity contribution in [2.24, 2.45) is 5.92 Å². The molecule has 0 spiro atoms. The summed E-state index contributed by atoms with van der Waals surface area (Å²) in [6.07, 6.45) is 2.48. The third kappa shape index (κ3) is 2.36. The first kappa shape index (κ1) is 10.6. The van der Waals surface area contributed by atoms with Crippen LogP contribution in [0, 0.1) is 5.92 Å². The van der Waals surface area contributed by atoms with Crippen LogP contribution in [0.25, 0.3) is 11.6 Å². The van der Waals surface area contributed by atoms with Gasteiger partial charge in [-0.05, 0) is 18.4 Å². The van der Waals surface area contributed by atoms with Gasteiger partial charge in [0.15, 0.2) is 0 Å². The predicted octanol–water partition coefficient (Wildman–Crippen LogP) is 1.91. The Kier molecular flexibility index (Phi) is 2.85. The van der Waals surface area contributed by atoms with Gasteiger partial charge in [0, 0.05) is 12.3 Å². The Morgan fingerprint density at radius 2 is 2.25 bits per heavy atom. The van der Waals surface area contributed by atoms with Crippen molar-refractivity contribution in [1.29, 1.82) is 0 Å². The number of aromatic nitrogens is 3. The van der Waals surface area contributed by atoms with Crippen molar-refractivity contribution in [3.63, 3.8) is 0 Å². The number of nitrogens with two attached hydrogens (primary N) is 1. The number of rotatable bonds is 3. The van der Waals surface area contributed by atoms with Gasteiger partial charge in [-0.25, -0.2) is 9.97 Å². The van der Waals surface area contributed by atoms with Crippen molar-refractivity contribution >= 4 is 5.82 Å². The molecule has 5 nitrogen and oxygen atoms in total. The number of nitrogen functional groups attached to an aromatic ring is 1. The fourth-order valence-electron chi connectivity index (χ4n) is 1.42.